The van der Waals surface area contributed by atoms with E-state index in [-0.39, 0.29) is 24.5 Å². The number of aromatic nitrogens is 1. The number of nitrogens with one attached hydrogen (secondary N) is 1. The van der Waals surface area contributed by atoms with Crippen LogP contribution < -0.4 is 10.1 Å². The number of carbonyl (C=O) groups excluding carboxylic acids is 2. The van der Waals surface area contributed by atoms with Gasteiger partial charge in [-0.15, -0.1) is 11.3 Å². The summed E-state index contributed by atoms with van der Waals surface area (Å²) in [5.41, 5.74) is 1.42. The number of ether oxygens (including phenoxy) is 2. The van der Waals surface area contributed by atoms with Gasteiger partial charge in [-0.2, -0.15) is 0 Å². The van der Waals surface area contributed by atoms with Crippen molar-refractivity contribution in [3.8, 4) is 5.75 Å². The van der Waals surface area contributed by atoms with Crippen molar-refractivity contribution in [1.29, 1.82) is 0 Å². The molecule has 1 atom stereocenters. The Balaban J connectivity index is 1.57. The molecule has 1 aromatic heterocycles. The summed E-state index contributed by atoms with van der Waals surface area (Å²) in [6.07, 6.45) is 0.0922. The second-order valence-electron chi connectivity index (χ2n) is 6.36. The number of hydrogen-bond acceptors (Lipinski definition) is 7. The quantitative estimate of drug-likeness (QED) is 0.490. The van der Waals surface area contributed by atoms with Crippen LogP contribution in [0.3, 0.4) is 0 Å². The van der Waals surface area contributed by atoms with Gasteiger partial charge in [-0.1, -0.05) is 31.2 Å². The van der Waals surface area contributed by atoms with Gasteiger partial charge in [0.25, 0.3) is 0 Å². The zero-order chi connectivity index (χ0) is 22.2. The van der Waals surface area contributed by atoms with Crippen LogP contribution in [-0.2, 0) is 33.4 Å². The van der Waals surface area contributed by atoms with Crippen molar-refractivity contribution >= 4 is 39.7 Å². The molecule has 0 saturated heterocycles. The first-order valence-electron chi connectivity index (χ1n) is 9.52. The van der Waals surface area contributed by atoms with Crippen LogP contribution in [0.4, 0.5) is 5.69 Å². The van der Waals surface area contributed by atoms with Crippen molar-refractivity contribution in [3.63, 3.8) is 0 Å². The lowest BCUT2D eigenvalue weighted by Gasteiger charge is -2.09. The zero-order valence-electron chi connectivity index (χ0n) is 17.1. The van der Waals surface area contributed by atoms with Gasteiger partial charge in [0.05, 0.1) is 46.2 Å². The fourth-order valence-electron chi connectivity index (χ4n) is 2.78. The summed E-state index contributed by atoms with van der Waals surface area (Å²) in [4.78, 5) is 29.6. The van der Waals surface area contributed by atoms with Gasteiger partial charge in [0.2, 0.25) is 5.91 Å². The molecule has 0 radical (unpaired) electrons. The maximum atomic E-state index is 12.5. The molecule has 0 spiro atoms. The first kappa shape index (κ1) is 22.6. The Kier molecular flexibility index (Phi) is 7.91. The summed E-state index contributed by atoms with van der Waals surface area (Å²) in [6.45, 7) is 1.76. The highest BCUT2D eigenvalue weighted by molar-refractivity contribution is 7.85. The van der Waals surface area contributed by atoms with Crippen LogP contribution in [0.2, 0.25) is 0 Å². The molecule has 1 heterocycles. The summed E-state index contributed by atoms with van der Waals surface area (Å²) >= 11 is 1.31. The topological polar surface area (TPSA) is 94.6 Å². The number of amides is 1. The number of carbonyl (C=O) groups is 2. The van der Waals surface area contributed by atoms with Gasteiger partial charge in [0.15, 0.2) is 0 Å². The van der Waals surface area contributed by atoms with Crippen LogP contribution >= 0.6 is 11.3 Å². The molecule has 0 aliphatic carbocycles. The molecule has 0 saturated carbocycles. The predicted octanol–water partition coefficient (Wildman–Crippen LogP) is 3.82. The van der Waals surface area contributed by atoms with E-state index in [2.05, 4.69) is 10.3 Å². The Morgan fingerprint density at radius 3 is 2.65 bits per heavy atom. The molecule has 7 nitrogen and oxygen atoms in total. The van der Waals surface area contributed by atoms with E-state index in [1.165, 1.54) is 18.4 Å². The molecule has 162 valence electrons. The van der Waals surface area contributed by atoms with Crippen molar-refractivity contribution in [3.05, 3.63) is 70.2 Å². The minimum atomic E-state index is -1.26. The average Bonchev–Trinajstić information content (AvgIpc) is 3.24. The number of nitrogens with zero attached hydrogens (tertiary/aromatic N) is 1. The number of thiazole rings is 1. The number of esters is 1. The Morgan fingerprint density at radius 2 is 1.87 bits per heavy atom. The fourth-order valence-corrected chi connectivity index (χ4v) is 4.50. The lowest BCUT2D eigenvalue weighted by molar-refractivity contribution is -0.115. The summed E-state index contributed by atoms with van der Waals surface area (Å²) in [5, 5.41) is 5.15. The molecule has 9 heteroatoms. The van der Waals surface area contributed by atoms with Crippen molar-refractivity contribution in [2.75, 3.05) is 18.2 Å². The maximum Gasteiger partial charge on any atom is 0.339 e. The smallest absolute Gasteiger partial charge is 0.339 e. The van der Waals surface area contributed by atoms with E-state index in [0.29, 0.717) is 32.8 Å². The molecule has 2 aromatic carbocycles. The largest absolute Gasteiger partial charge is 0.495 e. The van der Waals surface area contributed by atoms with Gasteiger partial charge >= 0.3 is 5.97 Å². The van der Waals surface area contributed by atoms with Crippen LogP contribution in [-0.4, -0.2) is 33.9 Å². The molecule has 3 rings (SSSR count). The molecular formula is C22H22N2O5S2. The number of anilines is 1. The number of rotatable bonds is 9. The summed E-state index contributed by atoms with van der Waals surface area (Å²) in [6, 6.07) is 13.9. The number of hydrogen-bond donors (Lipinski definition) is 1. The lowest BCUT2D eigenvalue weighted by Crippen LogP contribution is -2.15. The molecule has 0 bridgehead atoms. The molecule has 1 unspecified atom stereocenters. The second-order valence-corrected chi connectivity index (χ2v) is 9.02. The van der Waals surface area contributed by atoms with E-state index in [4.69, 9.17) is 9.47 Å². The Morgan fingerprint density at radius 1 is 1.13 bits per heavy atom. The van der Waals surface area contributed by atoms with Gasteiger partial charge < -0.3 is 14.8 Å². The summed E-state index contributed by atoms with van der Waals surface area (Å²) < 4.78 is 22.7. The molecular weight excluding hydrogens is 436 g/mol. The van der Waals surface area contributed by atoms with Crippen molar-refractivity contribution in [2.24, 2.45) is 0 Å². The third kappa shape index (κ3) is 5.99. The molecule has 0 aliphatic rings. The molecule has 0 aliphatic heterocycles. The number of benzene rings is 2. The van der Waals surface area contributed by atoms with E-state index in [9.17, 15) is 13.8 Å². The van der Waals surface area contributed by atoms with Crippen LogP contribution in [0.15, 0.2) is 58.8 Å². The van der Waals surface area contributed by atoms with Crippen LogP contribution in [0.1, 0.15) is 28.0 Å². The highest BCUT2D eigenvalue weighted by atomic mass is 32.2. The minimum Gasteiger partial charge on any atom is -0.495 e. The first-order chi connectivity index (χ1) is 15.0. The molecule has 1 amide bonds. The van der Waals surface area contributed by atoms with Crippen molar-refractivity contribution in [2.45, 2.75) is 24.8 Å². The molecule has 3 aromatic rings. The third-order valence-electron chi connectivity index (χ3n) is 4.26. The van der Waals surface area contributed by atoms with Gasteiger partial charge in [-0.25, -0.2) is 9.78 Å². The van der Waals surface area contributed by atoms with Crippen LogP contribution in [0.25, 0.3) is 0 Å². The maximum absolute atomic E-state index is 12.5. The molecule has 1 N–H and O–H groups in total. The normalized spacial score (nSPS) is 11.5. The fraction of sp³-hybridized carbons (Fsp3) is 0.227. The van der Waals surface area contributed by atoms with E-state index in [1.54, 1.807) is 48.7 Å². The highest BCUT2D eigenvalue weighted by Crippen LogP contribution is 2.23. The average molecular weight is 459 g/mol. The zero-order valence-corrected chi connectivity index (χ0v) is 18.8. The Hall–Kier alpha value is -3.04. The first-order valence-corrected chi connectivity index (χ1v) is 11.7. The van der Waals surface area contributed by atoms with E-state index >= 15 is 0 Å². The standard InChI is InChI=1S/C22H22N2O5S2/c1-3-31(27)19-11-7-4-8-16(19)22(26)29-13-15-14-30-21(23-15)12-20(25)24-17-9-5-6-10-18(17)28-2/h4-11,14H,3,12-13H2,1-2H3,(H,24,25). The van der Waals surface area contributed by atoms with E-state index in [0.717, 1.165) is 0 Å². The SMILES string of the molecule is CCS(=O)c1ccccc1C(=O)OCc1csc(CC(=O)Nc2ccccc2OC)n1. The Bertz CT molecular complexity index is 1100. The van der Waals surface area contributed by atoms with Crippen LogP contribution in [0, 0.1) is 0 Å². The predicted molar refractivity (Wildman–Crippen MR) is 120 cm³/mol. The molecule has 31 heavy (non-hydrogen) atoms. The lowest BCUT2D eigenvalue weighted by atomic mass is 10.2. The second kappa shape index (κ2) is 10.8. The third-order valence-corrected chi connectivity index (χ3v) is 6.53. The number of para-hydroxylation sites is 2. The highest BCUT2D eigenvalue weighted by Gasteiger charge is 2.17. The Labute approximate surface area is 186 Å². The molecule has 0 fully saturated rings. The van der Waals surface area contributed by atoms with E-state index in [1.807, 2.05) is 12.1 Å². The van der Waals surface area contributed by atoms with Crippen molar-refractivity contribution < 1.29 is 23.3 Å². The van der Waals surface area contributed by atoms with Gasteiger partial charge in [0, 0.05) is 11.1 Å². The summed E-state index contributed by atoms with van der Waals surface area (Å²) in [5.74, 6) is 0.211. The van der Waals surface area contributed by atoms with Crippen LogP contribution in [0.5, 0.6) is 5.75 Å². The van der Waals surface area contributed by atoms with Gasteiger partial charge in [-0.05, 0) is 24.3 Å². The van der Waals surface area contributed by atoms with Gasteiger partial charge in [0.1, 0.15) is 17.4 Å². The number of methoxy groups -OCH3 is 1. The monoisotopic (exact) mass is 458 g/mol. The summed E-state index contributed by atoms with van der Waals surface area (Å²) in [7, 11) is 0.279. The minimum absolute atomic E-state index is 0.0312. The van der Waals surface area contributed by atoms with Crippen molar-refractivity contribution in [1.82, 2.24) is 4.98 Å². The van der Waals surface area contributed by atoms with E-state index < -0.39 is 16.8 Å². The van der Waals surface area contributed by atoms with Gasteiger partial charge in [-0.3, -0.25) is 9.00 Å².